The molecule has 2 amide bonds. The third-order valence-corrected chi connectivity index (χ3v) is 5.39. The molecule has 1 aromatic rings. The van der Waals surface area contributed by atoms with E-state index in [2.05, 4.69) is 23.1 Å². The zero-order valence-corrected chi connectivity index (χ0v) is 14.9. The van der Waals surface area contributed by atoms with E-state index in [1.54, 1.807) is 23.9 Å². The molecular weight excluding hydrogens is 302 g/mol. The summed E-state index contributed by atoms with van der Waals surface area (Å²) in [7, 11) is 3.52. The van der Waals surface area contributed by atoms with E-state index >= 15 is 0 Å². The molecule has 1 fully saturated rings. The Morgan fingerprint density at radius 3 is 2.71 bits per heavy atom. The second kappa shape index (κ2) is 6.46. The number of para-hydroxylation sites is 1. The number of rotatable bonds is 4. The summed E-state index contributed by atoms with van der Waals surface area (Å²) in [5.74, 6) is 0.120. The van der Waals surface area contributed by atoms with Gasteiger partial charge in [-0.3, -0.25) is 9.59 Å². The first kappa shape index (κ1) is 16.8. The van der Waals surface area contributed by atoms with Gasteiger partial charge in [-0.05, 0) is 37.8 Å². The Morgan fingerprint density at radius 2 is 1.96 bits per heavy atom. The number of nitrogens with zero attached hydrogens (tertiary/aromatic N) is 3. The fraction of sp³-hybridized carbons (Fsp3) is 0.579. The first-order chi connectivity index (χ1) is 11.4. The number of hydrogen-bond acceptors (Lipinski definition) is 3. The first-order valence-electron chi connectivity index (χ1n) is 8.78. The van der Waals surface area contributed by atoms with Crippen LogP contribution in [0.3, 0.4) is 0 Å². The lowest BCUT2D eigenvalue weighted by atomic mass is 9.97. The maximum Gasteiger partial charge on any atom is 0.247 e. The minimum atomic E-state index is -0.677. The molecule has 0 radical (unpaired) electrons. The molecule has 2 aliphatic heterocycles. The molecule has 0 saturated carbocycles. The SMILES string of the molecule is CN(C)C(=O)C1(C)CCCN1C(=O)CCN1CCc2ccccc21. The van der Waals surface area contributed by atoms with Crippen molar-refractivity contribution < 1.29 is 9.59 Å². The number of amides is 2. The van der Waals surface area contributed by atoms with E-state index in [1.807, 2.05) is 13.0 Å². The van der Waals surface area contributed by atoms with Crippen LogP contribution >= 0.6 is 0 Å². The van der Waals surface area contributed by atoms with Crippen LogP contribution in [0, 0.1) is 0 Å². The topological polar surface area (TPSA) is 43.9 Å². The molecule has 3 rings (SSSR count). The van der Waals surface area contributed by atoms with Gasteiger partial charge in [-0.1, -0.05) is 18.2 Å². The van der Waals surface area contributed by atoms with E-state index in [1.165, 1.54) is 11.3 Å². The van der Waals surface area contributed by atoms with Crippen molar-refractivity contribution in [2.45, 2.75) is 38.1 Å². The third-order valence-electron chi connectivity index (χ3n) is 5.39. The standard InChI is InChI=1S/C19H27N3O2/c1-19(18(24)20(2)3)11-6-12-22(19)17(23)10-14-21-13-9-15-7-4-5-8-16(15)21/h4-5,7-8H,6,9-14H2,1-3H3. The van der Waals surface area contributed by atoms with Crippen LogP contribution in [-0.4, -0.2) is 60.9 Å². The summed E-state index contributed by atoms with van der Waals surface area (Å²) < 4.78 is 0. The van der Waals surface area contributed by atoms with Crippen LogP contribution in [0.2, 0.25) is 0 Å². The number of carbonyl (C=O) groups is 2. The number of hydrogen-bond donors (Lipinski definition) is 0. The van der Waals surface area contributed by atoms with Crippen molar-refractivity contribution in [3.05, 3.63) is 29.8 Å². The minimum absolute atomic E-state index is 0.0277. The molecule has 24 heavy (non-hydrogen) atoms. The van der Waals surface area contributed by atoms with Gasteiger partial charge in [0.1, 0.15) is 5.54 Å². The highest BCUT2D eigenvalue weighted by Crippen LogP contribution is 2.32. The Hall–Kier alpha value is -2.04. The highest BCUT2D eigenvalue weighted by atomic mass is 16.2. The van der Waals surface area contributed by atoms with Crippen LogP contribution in [0.5, 0.6) is 0 Å². The van der Waals surface area contributed by atoms with Gasteiger partial charge in [0.2, 0.25) is 11.8 Å². The Labute approximate surface area is 144 Å². The highest BCUT2D eigenvalue weighted by molar-refractivity contribution is 5.91. The number of anilines is 1. The van der Waals surface area contributed by atoms with E-state index in [4.69, 9.17) is 0 Å². The van der Waals surface area contributed by atoms with E-state index in [0.717, 1.165) is 32.4 Å². The van der Waals surface area contributed by atoms with Crippen molar-refractivity contribution >= 4 is 17.5 Å². The molecule has 2 heterocycles. The van der Waals surface area contributed by atoms with Gasteiger partial charge in [-0.15, -0.1) is 0 Å². The normalized spacial score (nSPS) is 22.6. The molecule has 130 valence electrons. The highest BCUT2D eigenvalue weighted by Gasteiger charge is 2.46. The summed E-state index contributed by atoms with van der Waals surface area (Å²) in [4.78, 5) is 31.0. The van der Waals surface area contributed by atoms with E-state index in [0.29, 0.717) is 13.0 Å². The van der Waals surface area contributed by atoms with Gasteiger partial charge >= 0.3 is 0 Å². The second-order valence-corrected chi connectivity index (χ2v) is 7.24. The van der Waals surface area contributed by atoms with Crippen molar-refractivity contribution in [2.75, 3.05) is 38.6 Å². The molecule has 5 heteroatoms. The van der Waals surface area contributed by atoms with Crippen molar-refractivity contribution in [1.29, 1.82) is 0 Å². The Morgan fingerprint density at radius 1 is 1.21 bits per heavy atom. The fourth-order valence-electron chi connectivity index (χ4n) is 4.07. The zero-order valence-electron chi connectivity index (χ0n) is 14.9. The van der Waals surface area contributed by atoms with Gasteiger partial charge in [-0.25, -0.2) is 0 Å². The van der Waals surface area contributed by atoms with Crippen LogP contribution in [0.4, 0.5) is 5.69 Å². The van der Waals surface area contributed by atoms with Crippen LogP contribution < -0.4 is 4.90 Å². The number of likely N-dealkylation sites (tertiary alicyclic amines) is 1. The molecule has 0 N–H and O–H groups in total. The zero-order chi connectivity index (χ0) is 17.3. The summed E-state index contributed by atoms with van der Waals surface area (Å²) in [6.07, 6.45) is 3.16. The van der Waals surface area contributed by atoms with Gasteiger partial charge < -0.3 is 14.7 Å². The molecule has 0 bridgehead atoms. The van der Waals surface area contributed by atoms with Crippen molar-refractivity contribution in [3.63, 3.8) is 0 Å². The van der Waals surface area contributed by atoms with E-state index in [9.17, 15) is 9.59 Å². The summed E-state index contributed by atoms with van der Waals surface area (Å²) in [5, 5.41) is 0. The molecule has 1 unspecified atom stereocenters. The molecule has 2 aliphatic rings. The van der Waals surface area contributed by atoms with Gasteiger partial charge in [0, 0.05) is 45.8 Å². The van der Waals surface area contributed by atoms with Gasteiger partial charge in [0.05, 0.1) is 0 Å². The van der Waals surface area contributed by atoms with Crippen LogP contribution in [0.15, 0.2) is 24.3 Å². The Balaban J connectivity index is 1.64. The molecule has 1 atom stereocenters. The average molecular weight is 329 g/mol. The second-order valence-electron chi connectivity index (χ2n) is 7.24. The Kier molecular flexibility index (Phi) is 4.52. The van der Waals surface area contributed by atoms with Gasteiger partial charge in [0.15, 0.2) is 0 Å². The quantitative estimate of drug-likeness (QED) is 0.847. The number of benzene rings is 1. The molecule has 5 nitrogen and oxygen atoms in total. The van der Waals surface area contributed by atoms with Crippen molar-refractivity contribution in [3.8, 4) is 0 Å². The van der Waals surface area contributed by atoms with Crippen LogP contribution in [-0.2, 0) is 16.0 Å². The van der Waals surface area contributed by atoms with Gasteiger partial charge in [0.25, 0.3) is 0 Å². The molecule has 0 aliphatic carbocycles. The number of carbonyl (C=O) groups excluding carboxylic acids is 2. The maximum absolute atomic E-state index is 12.8. The minimum Gasteiger partial charge on any atom is -0.370 e. The number of likely N-dealkylation sites (N-methyl/N-ethyl adjacent to an activating group) is 1. The van der Waals surface area contributed by atoms with E-state index in [-0.39, 0.29) is 11.8 Å². The molecule has 0 aromatic heterocycles. The van der Waals surface area contributed by atoms with Gasteiger partial charge in [-0.2, -0.15) is 0 Å². The monoisotopic (exact) mass is 329 g/mol. The van der Waals surface area contributed by atoms with Crippen LogP contribution in [0.25, 0.3) is 0 Å². The van der Waals surface area contributed by atoms with Crippen molar-refractivity contribution in [1.82, 2.24) is 9.80 Å². The lowest BCUT2D eigenvalue weighted by Crippen LogP contribution is -2.55. The summed E-state index contributed by atoms with van der Waals surface area (Å²) >= 11 is 0. The predicted molar refractivity (Wildman–Crippen MR) is 95.0 cm³/mol. The summed E-state index contributed by atoms with van der Waals surface area (Å²) in [6, 6.07) is 8.40. The number of fused-ring (bicyclic) bond motifs is 1. The summed E-state index contributed by atoms with van der Waals surface area (Å²) in [6.45, 7) is 4.29. The largest absolute Gasteiger partial charge is 0.370 e. The molecule has 0 spiro atoms. The first-order valence-corrected chi connectivity index (χ1v) is 8.78. The lowest BCUT2D eigenvalue weighted by molar-refractivity contribution is -0.148. The molecular formula is C19H27N3O2. The third kappa shape index (κ3) is 2.87. The van der Waals surface area contributed by atoms with E-state index < -0.39 is 5.54 Å². The molecule has 1 aromatic carbocycles. The Bertz CT molecular complexity index is 643. The smallest absolute Gasteiger partial charge is 0.247 e. The molecule has 1 saturated heterocycles. The fourth-order valence-corrected chi connectivity index (χ4v) is 4.07. The predicted octanol–water partition coefficient (Wildman–Crippen LogP) is 1.91. The lowest BCUT2D eigenvalue weighted by Gasteiger charge is -2.36. The van der Waals surface area contributed by atoms with Crippen LogP contribution in [0.1, 0.15) is 31.7 Å². The summed E-state index contributed by atoms with van der Waals surface area (Å²) in [5.41, 5.74) is 1.93. The average Bonchev–Trinajstić information content (AvgIpc) is 3.16. The maximum atomic E-state index is 12.8. The van der Waals surface area contributed by atoms with Crippen molar-refractivity contribution in [2.24, 2.45) is 0 Å².